The van der Waals surface area contributed by atoms with Gasteiger partial charge in [-0.3, -0.25) is 0 Å². The van der Waals surface area contributed by atoms with Crippen LogP contribution in [-0.4, -0.2) is 15.5 Å². The van der Waals surface area contributed by atoms with Gasteiger partial charge in [-0.05, 0) is 34.7 Å². The van der Waals surface area contributed by atoms with Crippen molar-refractivity contribution in [1.29, 1.82) is 0 Å². The van der Waals surface area contributed by atoms with Gasteiger partial charge in [-0.1, -0.05) is 15.9 Å². The molecular weight excluding hydrogens is 406 g/mol. The lowest BCUT2D eigenvalue weighted by molar-refractivity contribution is 0.400. The SMILES string of the molecule is COc1c(I)cc(Br)cc1S(=O)(=O)Cl. The maximum atomic E-state index is 11.2. The molecule has 0 spiro atoms. The molecular formula is C7H5BrClIO3S. The molecule has 0 aliphatic heterocycles. The van der Waals surface area contributed by atoms with E-state index in [4.69, 9.17) is 15.4 Å². The Morgan fingerprint density at radius 1 is 1.50 bits per heavy atom. The minimum Gasteiger partial charge on any atom is -0.494 e. The topological polar surface area (TPSA) is 43.4 Å². The van der Waals surface area contributed by atoms with Gasteiger partial charge in [0.1, 0.15) is 4.90 Å². The van der Waals surface area contributed by atoms with Crippen LogP contribution in [-0.2, 0) is 9.05 Å². The van der Waals surface area contributed by atoms with Crippen LogP contribution in [0, 0.1) is 3.57 Å². The molecule has 0 radical (unpaired) electrons. The molecule has 0 unspecified atom stereocenters. The van der Waals surface area contributed by atoms with Gasteiger partial charge in [0.2, 0.25) is 0 Å². The maximum absolute atomic E-state index is 11.2. The first-order valence-electron chi connectivity index (χ1n) is 3.34. The van der Waals surface area contributed by atoms with Gasteiger partial charge in [-0.25, -0.2) is 8.42 Å². The molecule has 7 heteroatoms. The molecule has 0 aliphatic rings. The van der Waals surface area contributed by atoms with Crippen LogP contribution in [0.5, 0.6) is 5.75 Å². The lowest BCUT2D eigenvalue weighted by Gasteiger charge is -2.08. The summed E-state index contributed by atoms with van der Waals surface area (Å²) in [7, 11) is 2.88. The van der Waals surface area contributed by atoms with Gasteiger partial charge in [-0.2, -0.15) is 0 Å². The van der Waals surface area contributed by atoms with E-state index in [0.717, 1.165) is 0 Å². The highest BCUT2D eigenvalue weighted by molar-refractivity contribution is 14.1. The van der Waals surface area contributed by atoms with E-state index in [9.17, 15) is 8.42 Å². The number of halogens is 3. The second-order valence-electron chi connectivity index (χ2n) is 2.36. The Morgan fingerprint density at radius 3 is 2.50 bits per heavy atom. The third-order valence-corrected chi connectivity index (χ3v) is 4.03. The molecule has 0 saturated carbocycles. The molecule has 0 heterocycles. The molecule has 0 aromatic heterocycles. The average Bonchev–Trinajstić information content (AvgIpc) is 2.01. The van der Waals surface area contributed by atoms with E-state index in [2.05, 4.69) is 15.9 Å². The van der Waals surface area contributed by atoms with Crippen LogP contribution in [0.15, 0.2) is 21.5 Å². The minimum absolute atomic E-state index is 0.0274. The van der Waals surface area contributed by atoms with Crippen molar-refractivity contribution in [1.82, 2.24) is 0 Å². The summed E-state index contributed by atoms with van der Waals surface area (Å²) < 4.78 is 28.6. The fourth-order valence-electron chi connectivity index (χ4n) is 0.916. The van der Waals surface area contributed by atoms with Gasteiger partial charge >= 0.3 is 0 Å². The van der Waals surface area contributed by atoms with Crippen LogP contribution in [0.2, 0.25) is 0 Å². The first-order chi connectivity index (χ1) is 6.36. The fraction of sp³-hybridized carbons (Fsp3) is 0.143. The van der Waals surface area contributed by atoms with E-state index in [1.165, 1.54) is 13.2 Å². The number of rotatable bonds is 2. The van der Waals surface area contributed by atoms with Crippen molar-refractivity contribution in [2.75, 3.05) is 7.11 Å². The van der Waals surface area contributed by atoms with Crippen LogP contribution >= 0.6 is 49.2 Å². The van der Waals surface area contributed by atoms with Crippen molar-refractivity contribution in [3.05, 3.63) is 20.2 Å². The zero-order chi connectivity index (χ0) is 10.9. The lowest BCUT2D eigenvalue weighted by Crippen LogP contribution is -1.98. The molecule has 0 bridgehead atoms. The zero-order valence-electron chi connectivity index (χ0n) is 6.92. The largest absolute Gasteiger partial charge is 0.494 e. The smallest absolute Gasteiger partial charge is 0.265 e. The number of methoxy groups -OCH3 is 1. The Labute approximate surface area is 108 Å². The van der Waals surface area contributed by atoms with Crippen LogP contribution in [0.4, 0.5) is 0 Å². The first kappa shape index (κ1) is 12.5. The van der Waals surface area contributed by atoms with Gasteiger partial charge < -0.3 is 4.74 Å². The fourth-order valence-corrected chi connectivity index (χ4v) is 4.01. The van der Waals surface area contributed by atoms with E-state index in [0.29, 0.717) is 8.04 Å². The van der Waals surface area contributed by atoms with Gasteiger partial charge in [0, 0.05) is 15.2 Å². The van der Waals surface area contributed by atoms with Gasteiger partial charge in [0.15, 0.2) is 5.75 Å². The van der Waals surface area contributed by atoms with Crippen molar-refractivity contribution in [3.8, 4) is 5.75 Å². The monoisotopic (exact) mass is 410 g/mol. The van der Waals surface area contributed by atoms with Crippen LogP contribution in [0.3, 0.4) is 0 Å². The summed E-state index contributed by atoms with van der Waals surface area (Å²) in [5.74, 6) is 0.267. The molecule has 78 valence electrons. The predicted octanol–water partition coefficient (Wildman–Crippen LogP) is 2.99. The molecule has 0 aliphatic carbocycles. The lowest BCUT2D eigenvalue weighted by atomic mass is 10.3. The molecule has 1 rings (SSSR count). The molecule has 1 aromatic rings. The van der Waals surface area contributed by atoms with Crippen molar-refractivity contribution >= 4 is 58.3 Å². The molecule has 0 amide bonds. The Kier molecular flexibility index (Phi) is 4.07. The Hall–Kier alpha value is 0.470. The second kappa shape index (κ2) is 4.54. The Morgan fingerprint density at radius 2 is 2.07 bits per heavy atom. The van der Waals surface area contributed by atoms with E-state index < -0.39 is 9.05 Å². The summed E-state index contributed by atoms with van der Waals surface area (Å²) in [6.45, 7) is 0. The van der Waals surface area contributed by atoms with Crippen molar-refractivity contribution < 1.29 is 13.2 Å². The summed E-state index contributed by atoms with van der Waals surface area (Å²) in [5.41, 5.74) is 0. The molecule has 3 nitrogen and oxygen atoms in total. The van der Waals surface area contributed by atoms with Crippen LogP contribution in [0.25, 0.3) is 0 Å². The third kappa shape index (κ3) is 2.74. The molecule has 0 saturated heterocycles. The highest BCUT2D eigenvalue weighted by atomic mass is 127. The summed E-state index contributed by atoms with van der Waals surface area (Å²) in [6.07, 6.45) is 0. The molecule has 14 heavy (non-hydrogen) atoms. The highest BCUT2D eigenvalue weighted by Gasteiger charge is 2.19. The Balaban J connectivity index is 3.56. The quantitative estimate of drug-likeness (QED) is 0.555. The van der Waals surface area contributed by atoms with Gasteiger partial charge in [0.25, 0.3) is 9.05 Å². The van der Waals surface area contributed by atoms with Crippen LogP contribution < -0.4 is 4.74 Å². The summed E-state index contributed by atoms with van der Waals surface area (Å²) >= 11 is 5.16. The summed E-state index contributed by atoms with van der Waals surface area (Å²) in [5, 5.41) is 0. The Bertz CT molecular complexity index is 460. The molecule has 0 fully saturated rings. The molecule has 1 aromatic carbocycles. The minimum atomic E-state index is -3.78. The van der Waals surface area contributed by atoms with E-state index in [-0.39, 0.29) is 10.6 Å². The average molecular weight is 411 g/mol. The first-order valence-corrected chi connectivity index (χ1v) is 7.52. The van der Waals surface area contributed by atoms with Crippen LogP contribution in [0.1, 0.15) is 0 Å². The number of benzene rings is 1. The number of ether oxygens (including phenoxy) is 1. The van der Waals surface area contributed by atoms with E-state index in [1.807, 2.05) is 22.6 Å². The molecule has 0 atom stereocenters. The van der Waals surface area contributed by atoms with Crippen molar-refractivity contribution in [3.63, 3.8) is 0 Å². The van der Waals surface area contributed by atoms with E-state index in [1.54, 1.807) is 6.07 Å². The summed E-state index contributed by atoms with van der Waals surface area (Å²) in [6, 6.07) is 3.15. The van der Waals surface area contributed by atoms with Crippen molar-refractivity contribution in [2.45, 2.75) is 4.90 Å². The third-order valence-electron chi connectivity index (χ3n) is 1.44. The second-order valence-corrected chi connectivity index (χ2v) is 6.97. The van der Waals surface area contributed by atoms with Gasteiger partial charge in [0.05, 0.1) is 10.7 Å². The summed E-state index contributed by atoms with van der Waals surface area (Å²) in [4.78, 5) is -0.0274. The maximum Gasteiger partial charge on any atom is 0.265 e. The normalized spacial score (nSPS) is 11.4. The highest BCUT2D eigenvalue weighted by Crippen LogP contribution is 2.34. The standard InChI is InChI=1S/C7H5BrClIO3S/c1-13-7-5(10)2-4(8)3-6(7)14(9,11)12/h2-3H,1H3. The van der Waals surface area contributed by atoms with Crippen molar-refractivity contribution in [2.24, 2.45) is 0 Å². The van der Waals surface area contributed by atoms with Gasteiger partial charge in [-0.15, -0.1) is 0 Å². The van der Waals surface area contributed by atoms with E-state index >= 15 is 0 Å². The predicted molar refractivity (Wildman–Crippen MR) is 66.4 cm³/mol. The number of hydrogen-bond donors (Lipinski definition) is 0. The zero-order valence-corrected chi connectivity index (χ0v) is 12.2. The molecule has 0 N–H and O–H groups in total. The number of hydrogen-bond acceptors (Lipinski definition) is 3.